The van der Waals surface area contributed by atoms with Crippen molar-refractivity contribution in [3.8, 4) is 0 Å². The first kappa shape index (κ1) is 18.9. The molecule has 0 saturated carbocycles. The molecular weight excluding hydrogens is 336 g/mol. The molecule has 1 aromatic carbocycles. The number of carbonyl (C=O) groups excluding carboxylic acids is 1. The Kier molecular flexibility index (Phi) is 5.56. The van der Waals surface area contributed by atoms with Crippen LogP contribution in [-0.4, -0.2) is 58.6 Å². The number of piperidine rings is 3. The molecule has 1 N–H and O–H groups in total. The largest absolute Gasteiger partial charge is 0.383 e. The Morgan fingerprint density at radius 3 is 2.67 bits per heavy atom. The van der Waals surface area contributed by atoms with Gasteiger partial charge < -0.3 is 10.0 Å². The molecule has 0 aliphatic carbocycles. The maximum absolute atomic E-state index is 12.7. The molecule has 0 radical (unpaired) electrons. The van der Waals surface area contributed by atoms with E-state index in [-0.39, 0.29) is 11.8 Å². The Morgan fingerprint density at radius 1 is 1.15 bits per heavy atom. The first-order valence-electron chi connectivity index (χ1n) is 10.8. The minimum Gasteiger partial charge on any atom is -0.383 e. The molecule has 4 rings (SSSR count). The van der Waals surface area contributed by atoms with E-state index in [0.29, 0.717) is 23.9 Å². The standard InChI is InChI=1S/C23H34N2O2/c1-16(2)22(26)23(27)24-13-18-11-19(15-24)21-10-6-9-20(25(21)14-18)12-17-7-4-3-5-8-17/h3-5,7-8,16,18-22,26H,6,9-15H2,1-2H3/t18-,19+,20+,21-,22+/m0/s1. The third-order valence-electron chi connectivity index (χ3n) is 7.03. The van der Waals surface area contributed by atoms with E-state index in [1.165, 1.54) is 31.2 Å². The summed E-state index contributed by atoms with van der Waals surface area (Å²) in [5.41, 5.74) is 1.44. The highest BCUT2D eigenvalue weighted by atomic mass is 16.3. The highest BCUT2D eigenvalue weighted by Crippen LogP contribution is 2.40. The summed E-state index contributed by atoms with van der Waals surface area (Å²) in [5.74, 6) is 1.06. The maximum atomic E-state index is 12.7. The molecule has 0 aromatic heterocycles. The van der Waals surface area contributed by atoms with Crippen LogP contribution >= 0.6 is 0 Å². The molecular formula is C23H34N2O2. The number of carbonyl (C=O) groups is 1. The Balaban J connectivity index is 1.46. The highest BCUT2D eigenvalue weighted by molar-refractivity contribution is 5.81. The lowest BCUT2D eigenvalue weighted by molar-refractivity contribution is -0.149. The molecule has 2 bridgehead atoms. The molecule has 5 atom stereocenters. The number of amides is 1. The van der Waals surface area contributed by atoms with E-state index < -0.39 is 6.10 Å². The average molecular weight is 371 g/mol. The fourth-order valence-corrected chi connectivity index (χ4v) is 5.67. The van der Waals surface area contributed by atoms with Crippen molar-refractivity contribution in [1.29, 1.82) is 0 Å². The Bertz CT molecular complexity index is 647. The fourth-order valence-electron chi connectivity index (χ4n) is 5.67. The normalized spacial score (nSPS) is 32.2. The van der Waals surface area contributed by atoms with E-state index in [2.05, 4.69) is 35.2 Å². The van der Waals surface area contributed by atoms with Crippen molar-refractivity contribution in [2.75, 3.05) is 19.6 Å². The van der Waals surface area contributed by atoms with Gasteiger partial charge in [-0.05, 0) is 49.0 Å². The zero-order chi connectivity index (χ0) is 19.0. The van der Waals surface area contributed by atoms with Crippen molar-refractivity contribution < 1.29 is 9.90 Å². The lowest BCUT2D eigenvalue weighted by atomic mass is 9.74. The van der Waals surface area contributed by atoms with Gasteiger partial charge in [0.1, 0.15) is 6.10 Å². The van der Waals surface area contributed by atoms with Gasteiger partial charge >= 0.3 is 0 Å². The average Bonchev–Trinajstić information content (AvgIpc) is 2.68. The summed E-state index contributed by atoms with van der Waals surface area (Å²) in [6, 6.07) is 12.1. The molecule has 3 saturated heterocycles. The van der Waals surface area contributed by atoms with Crippen molar-refractivity contribution in [2.24, 2.45) is 17.8 Å². The van der Waals surface area contributed by atoms with Crippen LogP contribution < -0.4 is 0 Å². The summed E-state index contributed by atoms with van der Waals surface area (Å²) >= 11 is 0. The van der Waals surface area contributed by atoms with Crippen LogP contribution in [0.1, 0.15) is 45.1 Å². The van der Waals surface area contributed by atoms with Crippen LogP contribution in [-0.2, 0) is 11.2 Å². The van der Waals surface area contributed by atoms with Crippen LogP contribution in [0.15, 0.2) is 30.3 Å². The molecule has 3 aliphatic rings. The van der Waals surface area contributed by atoms with E-state index in [1.807, 2.05) is 18.7 Å². The van der Waals surface area contributed by atoms with Gasteiger partial charge in [-0.1, -0.05) is 50.6 Å². The van der Waals surface area contributed by atoms with Crippen molar-refractivity contribution >= 4 is 5.91 Å². The summed E-state index contributed by atoms with van der Waals surface area (Å²) in [4.78, 5) is 17.5. The van der Waals surface area contributed by atoms with Gasteiger partial charge in [-0.25, -0.2) is 0 Å². The van der Waals surface area contributed by atoms with Gasteiger partial charge in [0.05, 0.1) is 0 Å². The number of aliphatic hydroxyl groups excluding tert-OH is 1. The number of likely N-dealkylation sites (tertiary alicyclic amines) is 1. The van der Waals surface area contributed by atoms with Crippen LogP contribution in [0.2, 0.25) is 0 Å². The minimum absolute atomic E-state index is 0.0132. The van der Waals surface area contributed by atoms with Crippen LogP contribution in [0.5, 0.6) is 0 Å². The zero-order valence-corrected chi connectivity index (χ0v) is 16.8. The summed E-state index contributed by atoms with van der Waals surface area (Å²) in [6.07, 6.45) is 5.39. The zero-order valence-electron chi connectivity index (χ0n) is 16.8. The molecule has 4 heteroatoms. The second kappa shape index (κ2) is 7.92. The second-order valence-corrected chi connectivity index (χ2v) is 9.33. The highest BCUT2D eigenvalue weighted by Gasteiger charge is 2.45. The van der Waals surface area contributed by atoms with Gasteiger partial charge in [0.2, 0.25) is 0 Å². The van der Waals surface area contributed by atoms with Gasteiger partial charge in [0, 0.05) is 31.7 Å². The summed E-state index contributed by atoms with van der Waals surface area (Å²) in [6.45, 7) is 6.60. The minimum atomic E-state index is -0.850. The second-order valence-electron chi connectivity index (χ2n) is 9.33. The van der Waals surface area contributed by atoms with Crippen molar-refractivity contribution in [2.45, 2.75) is 64.1 Å². The van der Waals surface area contributed by atoms with Crippen molar-refractivity contribution in [3.63, 3.8) is 0 Å². The molecule has 1 amide bonds. The lowest BCUT2D eigenvalue weighted by Gasteiger charge is -2.55. The fraction of sp³-hybridized carbons (Fsp3) is 0.696. The van der Waals surface area contributed by atoms with E-state index in [1.54, 1.807) is 0 Å². The van der Waals surface area contributed by atoms with E-state index in [9.17, 15) is 9.90 Å². The molecule has 3 fully saturated rings. The van der Waals surface area contributed by atoms with Gasteiger partial charge in [-0.15, -0.1) is 0 Å². The number of benzene rings is 1. The van der Waals surface area contributed by atoms with Gasteiger partial charge in [0.15, 0.2) is 0 Å². The van der Waals surface area contributed by atoms with Crippen molar-refractivity contribution in [3.05, 3.63) is 35.9 Å². The van der Waals surface area contributed by atoms with Gasteiger partial charge in [-0.3, -0.25) is 9.69 Å². The Hall–Kier alpha value is -1.39. The number of nitrogens with zero attached hydrogens (tertiary/aromatic N) is 2. The quantitative estimate of drug-likeness (QED) is 0.886. The lowest BCUT2D eigenvalue weighted by Crippen LogP contribution is -2.63. The first-order valence-corrected chi connectivity index (χ1v) is 10.8. The van der Waals surface area contributed by atoms with E-state index in [4.69, 9.17) is 0 Å². The Morgan fingerprint density at radius 2 is 1.93 bits per heavy atom. The predicted octanol–water partition coefficient (Wildman–Crippen LogP) is 2.95. The van der Waals surface area contributed by atoms with Crippen molar-refractivity contribution in [1.82, 2.24) is 9.80 Å². The van der Waals surface area contributed by atoms with Crippen LogP contribution in [0.4, 0.5) is 0 Å². The summed E-state index contributed by atoms with van der Waals surface area (Å²) in [7, 11) is 0. The number of fused-ring (bicyclic) bond motifs is 4. The molecule has 0 unspecified atom stereocenters. The van der Waals surface area contributed by atoms with Crippen LogP contribution in [0, 0.1) is 17.8 Å². The van der Waals surface area contributed by atoms with Crippen LogP contribution in [0.3, 0.4) is 0 Å². The molecule has 27 heavy (non-hydrogen) atoms. The molecule has 0 spiro atoms. The number of aliphatic hydroxyl groups is 1. The summed E-state index contributed by atoms with van der Waals surface area (Å²) < 4.78 is 0. The molecule has 3 aliphatic heterocycles. The predicted molar refractivity (Wildman–Crippen MR) is 107 cm³/mol. The van der Waals surface area contributed by atoms with E-state index in [0.717, 1.165) is 26.1 Å². The molecule has 3 heterocycles. The van der Waals surface area contributed by atoms with Crippen LogP contribution in [0.25, 0.3) is 0 Å². The number of rotatable bonds is 4. The smallest absolute Gasteiger partial charge is 0.251 e. The number of hydrogen-bond donors (Lipinski definition) is 1. The van der Waals surface area contributed by atoms with E-state index >= 15 is 0 Å². The first-order chi connectivity index (χ1) is 13.0. The topological polar surface area (TPSA) is 43.8 Å². The Labute approximate surface area is 163 Å². The SMILES string of the molecule is CC(C)[C@@H](O)C(=O)N1C[C@@H]2C[C@H](C1)[C@@H]1CCC[C@H](Cc3ccccc3)N1C2. The molecule has 148 valence electrons. The number of hydrogen-bond acceptors (Lipinski definition) is 3. The maximum Gasteiger partial charge on any atom is 0.251 e. The monoisotopic (exact) mass is 370 g/mol. The summed E-state index contributed by atoms with van der Waals surface area (Å²) in [5, 5.41) is 10.2. The molecule has 1 aromatic rings. The van der Waals surface area contributed by atoms with Gasteiger partial charge in [0.25, 0.3) is 5.91 Å². The van der Waals surface area contributed by atoms with Gasteiger partial charge in [-0.2, -0.15) is 0 Å². The third-order valence-corrected chi connectivity index (χ3v) is 7.03. The third kappa shape index (κ3) is 3.93. The molecule has 4 nitrogen and oxygen atoms in total.